The number of carboxylic acid groups (broad SMARTS) is 1. The molecule has 1 aliphatic rings. The van der Waals surface area contributed by atoms with Gasteiger partial charge >= 0.3 is 5.97 Å². The summed E-state index contributed by atoms with van der Waals surface area (Å²) in [5, 5.41) is 16.9. The molecule has 7 heteroatoms. The van der Waals surface area contributed by atoms with Crippen LogP contribution in [0.15, 0.2) is 6.07 Å². The zero-order chi connectivity index (χ0) is 18.5. The first-order valence-corrected chi connectivity index (χ1v) is 8.54. The molecule has 7 nitrogen and oxygen atoms in total. The minimum absolute atomic E-state index is 0.274. The smallest absolute Gasteiger partial charge is 0.325 e. The van der Waals surface area contributed by atoms with Gasteiger partial charge in [-0.1, -0.05) is 0 Å². The van der Waals surface area contributed by atoms with Crippen LogP contribution in [0.5, 0.6) is 0 Å². The highest BCUT2D eigenvalue weighted by Crippen LogP contribution is 2.40. The van der Waals surface area contributed by atoms with Crippen molar-refractivity contribution >= 4 is 22.9 Å². The number of carbonyl (C=O) groups excluding carboxylic acids is 1. The van der Waals surface area contributed by atoms with E-state index in [9.17, 15) is 9.59 Å². The van der Waals surface area contributed by atoms with E-state index < -0.39 is 17.9 Å². The molecule has 1 amide bonds. The summed E-state index contributed by atoms with van der Waals surface area (Å²) in [6.45, 7) is 9.41. The van der Waals surface area contributed by atoms with Gasteiger partial charge in [-0.15, -0.1) is 0 Å². The Hall–Kier alpha value is -2.44. The number of carboxylic acids is 1. The molecule has 0 radical (unpaired) electrons. The van der Waals surface area contributed by atoms with Gasteiger partial charge in [0.25, 0.3) is 5.91 Å². The van der Waals surface area contributed by atoms with Gasteiger partial charge in [0.15, 0.2) is 5.65 Å². The Morgan fingerprint density at radius 3 is 2.52 bits per heavy atom. The van der Waals surface area contributed by atoms with E-state index in [1.54, 1.807) is 6.07 Å². The van der Waals surface area contributed by atoms with E-state index in [2.05, 4.69) is 10.4 Å². The first-order chi connectivity index (χ1) is 11.6. The molecule has 2 aromatic rings. The summed E-state index contributed by atoms with van der Waals surface area (Å²) in [6.07, 6.45) is 2.13. The number of nitrogens with one attached hydrogen (secondary N) is 1. The highest BCUT2D eigenvalue weighted by Gasteiger charge is 2.30. The number of nitrogens with zero attached hydrogens (tertiary/aromatic N) is 3. The van der Waals surface area contributed by atoms with Gasteiger partial charge in [-0.3, -0.25) is 9.59 Å². The number of carbonyl (C=O) groups is 2. The van der Waals surface area contributed by atoms with Crippen molar-refractivity contribution in [1.29, 1.82) is 0 Å². The molecule has 0 saturated heterocycles. The molecule has 134 valence electrons. The highest BCUT2D eigenvalue weighted by molar-refractivity contribution is 6.07. The Balaban J connectivity index is 2.18. The number of hydrogen-bond donors (Lipinski definition) is 2. The van der Waals surface area contributed by atoms with Crippen LogP contribution >= 0.6 is 0 Å². The van der Waals surface area contributed by atoms with Crippen LogP contribution in [0.3, 0.4) is 0 Å². The van der Waals surface area contributed by atoms with E-state index in [0.29, 0.717) is 28.2 Å². The van der Waals surface area contributed by atoms with E-state index in [0.717, 1.165) is 18.5 Å². The lowest BCUT2D eigenvalue weighted by Crippen LogP contribution is -2.38. The minimum atomic E-state index is -1.07. The Morgan fingerprint density at radius 2 is 2.00 bits per heavy atom. The lowest BCUT2D eigenvalue weighted by atomic mass is 10.1. The SMILES string of the molecule is Cc1nn(C(C)(C)C)c2nc(C3CC3)cc(C(=O)N[C@@H](C)C(=O)O)c12. The average Bonchev–Trinajstić information content (AvgIpc) is 3.29. The summed E-state index contributed by atoms with van der Waals surface area (Å²) < 4.78 is 1.85. The largest absolute Gasteiger partial charge is 0.480 e. The summed E-state index contributed by atoms with van der Waals surface area (Å²) in [6, 6.07) is 0.837. The fourth-order valence-corrected chi connectivity index (χ4v) is 2.88. The molecule has 2 N–H and O–H groups in total. The summed E-state index contributed by atoms with van der Waals surface area (Å²) in [4.78, 5) is 28.6. The molecule has 25 heavy (non-hydrogen) atoms. The maximum Gasteiger partial charge on any atom is 0.325 e. The molecule has 0 aliphatic heterocycles. The Morgan fingerprint density at radius 1 is 1.36 bits per heavy atom. The lowest BCUT2D eigenvalue weighted by Gasteiger charge is -2.20. The topological polar surface area (TPSA) is 97.1 Å². The number of rotatable bonds is 4. The zero-order valence-corrected chi connectivity index (χ0v) is 15.3. The van der Waals surface area contributed by atoms with E-state index in [1.165, 1.54) is 6.92 Å². The van der Waals surface area contributed by atoms with Crippen LogP contribution in [0.4, 0.5) is 0 Å². The van der Waals surface area contributed by atoms with Crippen LogP contribution in [0, 0.1) is 6.92 Å². The van der Waals surface area contributed by atoms with E-state index in [1.807, 2.05) is 32.4 Å². The van der Waals surface area contributed by atoms with Crippen molar-refractivity contribution in [2.24, 2.45) is 0 Å². The molecule has 0 bridgehead atoms. The zero-order valence-electron chi connectivity index (χ0n) is 15.3. The van der Waals surface area contributed by atoms with Crippen LogP contribution in [0.25, 0.3) is 11.0 Å². The second-order valence-electron chi connectivity index (χ2n) is 7.77. The number of aliphatic carboxylic acids is 1. The Kier molecular flexibility index (Phi) is 4.05. The standard InChI is InChI=1S/C18H24N4O3/c1-9-14-12(16(23)19-10(2)17(24)25)8-13(11-6-7-11)20-15(14)22(21-9)18(3,4)5/h8,10-11H,6-7H2,1-5H3,(H,19,23)(H,24,25)/t10-/m0/s1. The fourth-order valence-electron chi connectivity index (χ4n) is 2.88. The van der Waals surface area contributed by atoms with Crippen molar-refractivity contribution in [3.05, 3.63) is 23.0 Å². The molecule has 3 rings (SSSR count). The molecule has 1 aliphatic carbocycles. The molecule has 2 aromatic heterocycles. The number of aryl methyl sites for hydroxylation is 1. The minimum Gasteiger partial charge on any atom is -0.480 e. The van der Waals surface area contributed by atoms with Crippen molar-refractivity contribution in [3.63, 3.8) is 0 Å². The van der Waals surface area contributed by atoms with Gasteiger partial charge < -0.3 is 10.4 Å². The third-order valence-corrected chi connectivity index (χ3v) is 4.43. The number of hydrogen-bond acceptors (Lipinski definition) is 4. The van der Waals surface area contributed by atoms with E-state index >= 15 is 0 Å². The first kappa shape index (κ1) is 17.4. The predicted molar refractivity (Wildman–Crippen MR) is 93.8 cm³/mol. The third kappa shape index (κ3) is 3.23. The molecule has 0 spiro atoms. The maximum absolute atomic E-state index is 12.7. The maximum atomic E-state index is 12.7. The molecule has 1 fully saturated rings. The molecular weight excluding hydrogens is 320 g/mol. The molecule has 1 atom stereocenters. The van der Waals surface area contributed by atoms with Gasteiger partial charge in [-0.2, -0.15) is 5.10 Å². The quantitative estimate of drug-likeness (QED) is 0.888. The third-order valence-electron chi connectivity index (χ3n) is 4.43. The average molecular weight is 344 g/mol. The van der Waals surface area contributed by atoms with Gasteiger partial charge in [0.1, 0.15) is 6.04 Å². The van der Waals surface area contributed by atoms with Gasteiger partial charge in [0.05, 0.1) is 22.2 Å². The first-order valence-electron chi connectivity index (χ1n) is 8.54. The van der Waals surface area contributed by atoms with Crippen LogP contribution < -0.4 is 5.32 Å². The van der Waals surface area contributed by atoms with E-state index in [4.69, 9.17) is 10.1 Å². The van der Waals surface area contributed by atoms with Gasteiger partial charge in [0.2, 0.25) is 0 Å². The highest BCUT2D eigenvalue weighted by atomic mass is 16.4. The van der Waals surface area contributed by atoms with Crippen LogP contribution in [-0.2, 0) is 10.3 Å². The molecular formula is C18H24N4O3. The molecule has 0 unspecified atom stereocenters. The normalized spacial score (nSPS) is 16.0. The fraction of sp³-hybridized carbons (Fsp3) is 0.556. The van der Waals surface area contributed by atoms with Crippen molar-refractivity contribution < 1.29 is 14.7 Å². The summed E-state index contributed by atoms with van der Waals surface area (Å²) in [5.74, 6) is -1.10. The van der Waals surface area contributed by atoms with Gasteiger partial charge in [-0.05, 0) is 53.5 Å². The van der Waals surface area contributed by atoms with Gasteiger partial charge in [0, 0.05) is 11.6 Å². The number of amides is 1. The van der Waals surface area contributed by atoms with Crippen LogP contribution in [0.1, 0.15) is 68.2 Å². The molecule has 0 aromatic carbocycles. The van der Waals surface area contributed by atoms with E-state index in [-0.39, 0.29) is 5.54 Å². The molecule has 2 heterocycles. The summed E-state index contributed by atoms with van der Waals surface area (Å²) in [7, 11) is 0. The Bertz CT molecular complexity index is 859. The predicted octanol–water partition coefficient (Wildman–Crippen LogP) is 2.58. The van der Waals surface area contributed by atoms with Crippen molar-refractivity contribution in [2.75, 3.05) is 0 Å². The van der Waals surface area contributed by atoms with Crippen LogP contribution in [0.2, 0.25) is 0 Å². The van der Waals surface area contributed by atoms with Crippen LogP contribution in [-0.4, -0.2) is 37.8 Å². The van der Waals surface area contributed by atoms with Gasteiger partial charge in [-0.25, -0.2) is 9.67 Å². The number of pyridine rings is 1. The monoisotopic (exact) mass is 344 g/mol. The molecule has 1 saturated carbocycles. The van der Waals surface area contributed by atoms with Crippen molar-refractivity contribution in [1.82, 2.24) is 20.1 Å². The Labute approximate surface area is 146 Å². The van der Waals surface area contributed by atoms with Crippen molar-refractivity contribution in [3.8, 4) is 0 Å². The number of fused-ring (bicyclic) bond motifs is 1. The second-order valence-corrected chi connectivity index (χ2v) is 7.77. The van der Waals surface area contributed by atoms with Crippen molar-refractivity contribution in [2.45, 2.75) is 65.0 Å². The number of aromatic nitrogens is 3. The lowest BCUT2D eigenvalue weighted by molar-refractivity contribution is -0.138. The summed E-state index contributed by atoms with van der Waals surface area (Å²) in [5.41, 5.74) is 2.46. The second kappa shape index (κ2) is 5.82. The summed E-state index contributed by atoms with van der Waals surface area (Å²) >= 11 is 0.